The van der Waals surface area contributed by atoms with E-state index in [2.05, 4.69) is 24.0 Å². The van der Waals surface area contributed by atoms with Crippen molar-refractivity contribution in [1.82, 2.24) is 9.55 Å². The first-order valence-electron chi connectivity index (χ1n) is 11.4. The molecule has 7 heteroatoms. The zero-order valence-electron chi connectivity index (χ0n) is 20.9. The molecule has 0 amide bonds. The van der Waals surface area contributed by atoms with E-state index in [4.69, 9.17) is 9.47 Å². The number of imidazole rings is 1. The first kappa shape index (κ1) is 24.6. The number of benzene rings is 3. The van der Waals surface area contributed by atoms with Gasteiger partial charge in [0.15, 0.2) is 17.3 Å². The van der Waals surface area contributed by atoms with Crippen LogP contribution in [0.1, 0.15) is 32.6 Å². The highest BCUT2D eigenvalue weighted by Crippen LogP contribution is 2.37. The normalized spacial score (nSPS) is 11.1. The Morgan fingerprint density at radius 2 is 1.61 bits per heavy atom. The first-order valence-corrected chi connectivity index (χ1v) is 11.4. The van der Waals surface area contributed by atoms with Crippen LogP contribution in [0, 0.1) is 20.8 Å². The molecule has 0 aliphatic carbocycles. The van der Waals surface area contributed by atoms with Gasteiger partial charge in [-0.2, -0.15) is 0 Å². The number of allylic oxidation sites excluding steroid dienone is 1. The predicted octanol–water partition coefficient (Wildman–Crippen LogP) is 5.38. The second-order valence-electron chi connectivity index (χ2n) is 8.57. The van der Waals surface area contributed by atoms with Crippen LogP contribution in [-0.2, 0) is 0 Å². The molecule has 0 aliphatic heterocycles. The van der Waals surface area contributed by atoms with Crippen molar-refractivity contribution in [2.75, 3.05) is 14.2 Å². The summed E-state index contributed by atoms with van der Waals surface area (Å²) >= 11 is 0. The number of hydrogen-bond acceptors (Lipinski definition) is 5. The largest absolute Gasteiger partial charge is 0.502 e. The van der Waals surface area contributed by atoms with Gasteiger partial charge < -0.3 is 19.6 Å². The molecule has 4 rings (SSSR count). The van der Waals surface area contributed by atoms with E-state index in [1.165, 1.54) is 25.9 Å². The number of ether oxygens (including phenoxy) is 2. The summed E-state index contributed by atoms with van der Waals surface area (Å²) in [6.07, 6.45) is 4.73. The van der Waals surface area contributed by atoms with Gasteiger partial charge in [-0.3, -0.25) is 9.36 Å². The first-order chi connectivity index (χ1) is 17.2. The van der Waals surface area contributed by atoms with Crippen LogP contribution in [0.2, 0.25) is 0 Å². The van der Waals surface area contributed by atoms with Crippen molar-refractivity contribution in [2.24, 2.45) is 0 Å². The van der Waals surface area contributed by atoms with Gasteiger partial charge in [-0.1, -0.05) is 18.2 Å². The van der Waals surface area contributed by atoms with Gasteiger partial charge in [0.1, 0.15) is 0 Å². The smallest absolute Gasteiger partial charge is 0.330 e. The zero-order valence-corrected chi connectivity index (χ0v) is 20.9. The summed E-state index contributed by atoms with van der Waals surface area (Å²) in [7, 11) is 2.88. The van der Waals surface area contributed by atoms with Gasteiger partial charge in [-0.05, 0) is 85.5 Å². The van der Waals surface area contributed by atoms with Crippen molar-refractivity contribution < 1.29 is 19.4 Å². The number of phenolic OH excluding ortho intramolecular Hbond substituents is 1. The van der Waals surface area contributed by atoms with Crippen LogP contribution in [0.3, 0.4) is 0 Å². The van der Waals surface area contributed by atoms with Crippen LogP contribution in [0.25, 0.3) is 23.0 Å². The standard InChI is InChI=1S/C29H28N2O5/c1-17-11-22(12-18(2)19(17)3)24-16-30-29(34)31(24)23-8-6-7-21(15-23)25(32)10-9-20-13-26(35-4)28(33)27(14-20)36-5/h6-16,33H,1-5H3,(H,30,34). The third kappa shape index (κ3) is 4.68. The Kier molecular flexibility index (Phi) is 6.83. The lowest BCUT2D eigenvalue weighted by molar-refractivity contribution is 0.104. The van der Waals surface area contributed by atoms with Gasteiger partial charge in [0, 0.05) is 17.3 Å². The molecule has 0 unspecified atom stereocenters. The monoisotopic (exact) mass is 484 g/mol. The number of phenols is 1. The maximum absolute atomic E-state index is 13.0. The van der Waals surface area contributed by atoms with Crippen LogP contribution < -0.4 is 15.2 Å². The number of aromatic hydroxyl groups is 1. The highest BCUT2D eigenvalue weighted by Gasteiger charge is 2.14. The third-order valence-corrected chi connectivity index (χ3v) is 6.32. The molecule has 0 fully saturated rings. The fraction of sp³-hybridized carbons (Fsp3) is 0.172. The molecule has 1 aromatic heterocycles. The molecular weight excluding hydrogens is 456 g/mol. The van der Waals surface area contributed by atoms with Crippen LogP contribution in [0.15, 0.2) is 65.6 Å². The van der Waals surface area contributed by atoms with Gasteiger partial charge in [0.25, 0.3) is 0 Å². The van der Waals surface area contributed by atoms with E-state index in [9.17, 15) is 14.7 Å². The Morgan fingerprint density at radius 3 is 2.22 bits per heavy atom. The summed E-state index contributed by atoms with van der Waals surface area (Å²) < 4.78 is 11.9. The van der Waals surface area contributed by atoms with E-state index >= 15 is 0 Å². The minimum Gasteiger partial charge on any atom is -0.502 e. The number of carbonyl (C=O) groups is 1. The maximum Gasteiger partial charge on any atom is 0.330 e. The van der Waals surface area contributed by atoms with E-state index < -0.39 is 0 Å². The zero-order chi connectivity index (χ0) is 26.0. The van der Waals surface area contributed by atoms with E-state index in [-0.39, 0.29) is 28.7 Å². The molecule has 0 atom stereocenters. The van der Waals surface area contributed by atoms with Crippen LogP contribution >= 0.6 is 0 Å². The van der Waals surface area contributed by atoms with Crippen molar-refractivity contribution in [3.8, 4) is 34.2 Å². The van der Waals surface area contributed by atoms with E-state index in [0.29, 0.717) is 16.8 Å². The van der Waals surface area contributed by atoms with Gasteiger partial charge in [0.2, 0.25) is 5.75 Å². The lowest BCUT2D eigenvalue weighted by atomic mass is 9.99. The van der Waals surface area contributed by atoms with Gasteiger partial charge >= 0.3 is 5.69 Å². The number of nitrogens with zero attached hydrogens (tertiary/aromatic N) is 1. The fourth-order valence-electron chi connectivity index (χ4n) is 4.10. The molecule has 0 spiro atoms. The number of H-pyrrole nitrogens is 1. The maximum atomic E-state index is 13.0. The quantitative estimate of drug-likeness (QED) is 0.271. The van der Waals surface area contributed by atoms with Gasteiger partial charge in [-0.15, -0.1) is 0 Å². The Bertz CT molecular complexity index is 1490. The molecule has 0 saturated carbocycles. The molecule has 0 saturated heterocycles. The van der Waals surface area contributed by atoms with Crippen molar-refractivity contribution in [2.45, 2.75) is 20.8 Å². The predicted molar refractivity (Wildman–Crippen MR) is 141 cm³/mol. The topological polar surface area (TPSA) is 93.6 Å². The second-order valence-corrected chi connectivity index (χ2v) is 8.57. The van der Waals surface area contributed by atoms with Gasteiger partial charge in [-0.25, -0.2) is 4.79 Å². The molecule has 4 aromatic rings. The average molecular weight is 485 g/mol. The molecule has 7 nitrogen and oxygen atoms in total. The fourth-order valence-corrected chi connectivity index (χ4v) is 4.10. The number of aryl methyl sites for hydroxylation is 2. The number of methoxy groups -OCH3 is 2. The number of aromatic nitrogens is 2. The molecule has 184 valence electrons. The highest BCUT2D eigenvalue weighted by molar-refractivity contribution is 6.07. The summed E-state index contributed by atoms with van der Waals surface area (Å²) in [5.41, 5.74) is 6.48. The summed E-state index contributed by atoms with van der Waals surface area (Å²) in [6.45, 7) is 6.17. The number of ketones is 1. The lowest BCUT2D eigenvalue weighted by Crippen LogP contribution is -2.16. The number of hydrogen-bond donors (Lipinski definition) is 2. The second kappa shape index (κ2) is 10.00. The Balaban J connectivity index is 1.69. The summed E-state index contributed by atoms with van der Waals surface area (Å²) in [6, 6.07) is 14.3. The highest BCUT2D eigenvalue weighted by atomic mass is 16.5. The lowest BCUT2D eigenvalue weighted by Gasteiger charge is -2.12. The molecule has 2 N–H and O–H groups in total. The number of rotatable bonds is 7. The number of nitrogens with one attached hydrogen (secondary N) is 1. The van der Waals surface area contributed by atoms with Crippen LogP contribution in [0.4, 0.5) is 0 Å². The molecule has 36 heavy (non-hydrogen) atoms. The summed E-state index contributed by atoms with van der Waals surface area (Å²) in [5, 5.41) is 10.1. The molecule has 0 bridgehead atoms. The minimum absolute atomic E-state index is 0.108. The van der Waals surface area contributed by atoms with E-state index in [0.717, 1.165) is 22.4 Å². The molecule has 1 heterocycles. The molecule has 0 aliphatic rings. The van der Waals surface area contributed by atoms with Crippen LogP contribution in [0.5, 0.6) is 17.2 Å². The summed E-state index contributed by atoms with van der Waals surface area (Å²) in [4.78, 5) is 28.5. The number of carbonyl (C=O) groups excluding carboxylic acids is 1. The molecule has 3 aromatic carbocycles. The molecular formula is C29H28N2O5. The SMILES string of the molecule is COc1cc(C=CC(=O)c2cccc(-n3c(-c4cc(C)c(C)c(C)c4)c[nH]c3=O)c2)cc(OC)c1O. The average Bonchev–Trinajstić information content (AvgIpc) is 3.27. The van der Waals surface area contributed by atoms with E-state index in [1.54, 1.807) is 53.2 Å². The Morgan fingerprint density at radius 1 is 0.972 bits per heavy atom. The minimum atomic E-state index is -0.288. The van der Waals surface area contributed by atoms with Crippen molar-refractivity contribution in [3.63, 3.8) is 0 Å². The van der Waals surface area contributed by atoms with Crippen molar-refractivity contribution in [1.29, 1.82) is 0 Å². The third-order valence-electron chi connectivity index (χ3n) is 6.32. The Hall–Kier alpha value is -4.52. The van der Waals surface area contributed by atoms with E-state index in [1.807, 2.05) is 13.8 Å². The molecule has 0 radical (unpaired) electrons. The van der Waals surface area contributed by atoms with Gasteiger partial charge in [0.05, 0.1) is 25.6 Å². The number of aromatic amines is 1. The summed E-state index contributed by atoms with van der Waals surface area (Å²) in [5.74, 6) is 0.131. The van der Waals surface area contributed by atoms with Crippen molar-refractivity contribution in [3.05, 3.63) is 99.1 Å². The Labute approximate surface area is 209 Å². The van der Waals surface area contributed by atoms with Crippen LogP contribution in [-0.4, -0.2) is 34.7 Å². The van der Waals surface area contributed by atoms with Crippen molar-refractivity contribution >= 4 is 11.9 Å².